The van der Waals surface area contributed by atoms with Crippen LogP contribution in [-0.4, -0.2) is 86.3 Å². The zero-order valence-electron chi connectivity index (χ0n) is 17.9. The number of nitrogens with two attached hydrogens (primary N) is 1. The van der Waals surface area contributed by atoms with Crippen LogP contribution in [0.2, 0.25) is 0 Å². The van der Waals surface area contributed by atoms with E-state index in [2.05, 4.69) is 16.0 Å². The smallest absolute Gasteiger partial charge is 0.326 e. The standard InChI is InChI=1S/C18H30N4O10/c1-7(2)14(18(31)32)22-16(29)10(6-12(26)27)21-15(28)9(4-5-11(24)25)20-17(30)13(19)8(3)23/h7-10,13-14,23H,4-6,19H2,1-3H3,(H,20,30)(H,21,28)(H,22,29)(H,24,25)(H,26,27)(H,31,32). The van der Waals surface area contributed by atoms with Gasteiger partial charge in [0.15, 0.2) is 0 Å². The Kier molecular flexibility index (Phi) is 11.9. The molecule has 0 aromatic carbocycles. The largest absolute Gasteiger partial charge is 0.481 e. The van der Waals surface area contributed by atoms with Gasteiger partial charge >= 0.3 is 17.9 Å². The van der Waals surface area contributed by atoms with Crippen LogP contribution in [-0.2, 0) is 28.8 Å². The summed E-state index contributed by atoms with van der Waals surface area (Å²) < 4.78 is 0. The van der Waals surface area contributed by atoms with E-state index in [0.29, 0.717) is 0 Å². The zero-order valence-corrected chi connectivity index (χ0v) is 17.9. The van der Waals surface area contributed by atoms with Gasteiger partial charge in [0, 0.05) is 6.42 Å². The van der Waals surface area contributed by atoms with Crippen LogP contribution in [0.1, 0.15) is 40.0 Å². The molecular weight excluding hydrogens is 432 g/mol. The van der Waals surface area contributed by atoms with Gasteiger partial charge in [-0.1, -0.05) is 13.8 Å². The third kappa shape index (κ3) is 10.2. The van der Waals surface area contributed by atoms with Gasteiger partial charge in [-0.2, -0.15) is 0 Å². The van der Waals surface area contributed by atoms with E-state index >= 15 is 0 Å². The van der Waals surface area contributed by atoms with Crippen LogP contribution < -0.4 is 21.7 Å². The molecule has 5 atom stereocenters. The molecule has 5 unspecified atom stereocenters. The third-order valence-corrected chi connectivity index (χ3v) is 4.34. The summed E-state index contributed by atoms with van der Waals surface area (Å²) in [5, 5.41) is 42.9. The fourth-order valence-electron chi connectivity index (χ4n) is 2.45. The number of carbonyl (C=O) groups excluding carboxylic acids is 3. The van der Waals surface area contributed by atoms with E-state index in [0.717, 1.165) is 0 Å². The molecule has 0 aromatic heterocycles. The fourth-order valence-corrected chi connectivity index (χ4v) is 2.45. The Balaban J connectivity index is 5.59. The van der Waals surface area contributed by atoms with Crippen molar-refractivity contribution in [3.05, 3.63) is 0 Å². The van der Waals surface area contributed by atoms with Gasteiger partial charge in [-0.3, -0.25) is 24.0 Å². The van der Waals surface area contributed by atoms with Crippen LogP contribution in [0.3, 0.4) is 0 Å². The lowest BCUT2D eigenvalue weighted by Crippen LogP contribution is -2.58. The van der Waals surface area contributed by atoms with Crippen LogP contribution >= 0.6 is 0 Å². The number of carbonyl (C=O) groups is 6. The van der Waals surface area contributed by atoms with Crippen molar-refractivity contribution in [1.82, 2.24) is 16.0 Å². The first-order valence-corrected chi connectivity index (χ1v) is 9.68. The summed E-state index contributed by atoms with van der Waals surface area (Å²) in [6.45, 7) is 4.23. The van der Waals surface area contributed by atoms with Gasteiger partial charge in [0.05, 0.1) is 12.5 Å². The summed E-state index contributed by atoms with van der Waals surface area (Å²) in [7, 11) is 0. The van der Waals surface area contributed by atoms with E-state index in [1.807, 2.05) is 0 Å². The van der Waals surface area contributed by atoms with Crippen molar-refractivity contribution >= 4 is 35.6 Å². The molecule has 0 rings (SSSR count). The number of aliphatic carboxylic acids is 3. The monoisotopic (exact) mass is 462 g/mol. The van der Waals surface area contributed by atoms with Gasteiger partial charge in [0.25, 0.3) is 0 Å². The Morgan fingerprint density at radius 1 is 0.781 bits per heavy atom. The van der Waals surface area contributed by atoms with Gasteiger partial charge in [0.2, 0.25) is 17.7 Å². The highest BCUT2D eigenvalue weighted by atomic mass is 16.4. The highest BCUT2D eigenvalue weighted by Crippen LogP contribution is 2.06. The molecule has 0 saturated heterocycles. The number of aliphatic hydroxyl groups excluding tert-OH is 1. The second kappa shape index (κ2) is 13.2. The van der Waals surface area contributed by atoms with Crippen LogP contribution in [0.25, 0.3) is 0 Å². The summed E-state index contributed by atoms with van der Waals surface area (Å²) in [4.78, 5) is 70.4. The summed E-state index contributed by atoms with van der Waals surface area (Å²) in [6.07, 6.45) is -3.18. The third-order valence-electron chi connectivity index (χ3n) is 4.34. The van der Waals surface area contributed by atoms with Crippen molar-refractivity contribution in [1.29, 1.82) is 0 Å². The molecule has 0 bridgehead atoms. The summed E-state index contributed by atoms with van der Waals surface area (Å²) in [6, 6.07) is -6.03. The molecule has 14 nitrogen and oxygen atoms in total. The van der Waals surface area contributed by atoms with Crippen LogP contribution in [0.4, 0.5) is 0 Å². The number of aliphatic hydroxyl groups is 1. The Morgan fingerprint density at radius 3 is 1.69 bits per heavy atom. The van der Waals surface area contributed by atoms with Crippen LogP contribution in [0.15, 0.2) is 0 Å². The molecule has 0 heterocycles. The summed E-state index contributed by atoms with van der Waals surface area (Å²) >= 11 is 0. The van der Waals surface area contributed by atoms with Gasteiger partial charge in [-0.15, -0.1) is 0 Å². The minimum Gasteiger partial charge on any atom is -0.481 e. The maximum Gasteiger partial charge on any atom is 0.326 e. The first kappa shape index (κ1) is 28.7. The molecule has 0 fully saturated rings. The molecule has 3 amide bonds. The molecule has 0 aliphatic carbocycles. The molecule has 0 aliphatic heterocycles. The highest BCUT2D eigenvalue weighted by molar-refractivity contribution is 5.95. The zero-order chi connectivity index (χ0) is 25.2. The molecule has 32 heavy (non-hydrogen) atoms. The predicted octanol–water partition coefficient (Wildman–Crippen LogP) is -2.77. The van der Waals surface area contributed by atoms with Crippen molar-refractivity contribution < 1.29 is 49.2 Å². The minimum absolute atomic E-state index is 0.426. The predicted molar refractivity (Wildman–Crippen MR) is 107 cm³/mol. The average molecular weight is 462 g/mol. The lowest BCUT2D eigenvalue weighted by molar-refractivity contribution is -0.144. The maximum absolute atomic E-state index is 12.6. The molecule has 0 saturated carbocycles. The molecule has 14 heteroatoms. The summed E-state index contributed by atoms with van der Waals surface area (Å²) in [5.74, 6) is -7.85. The van der Waals surface area contributed by atoms with Gasteiger partial charge in [-0.05, 0) is 19.3 Å². The minimum atomic E-state index is -1.71. The number of hydrogen-bond acceptors (Lipinski definition) is 8. The van der Waals surface area contributed by atoms with E-state index in [1.165, 1.54) is 20.8 Å². The lowest BCUT2D eigenvalue weighted by atomic mass is 10.0. The molecule has 0 radical (unpaired) electrons. The quantitative estimate of drug-likeness (QED) is 0.131. The second-order valence-electron chi connectivity index (χ2n) is 7.49. The van der Waals surface area contributed by atoms with Crippen LogP contribution in [0.5, 0.6) is 0 Å². The molecule has 0 aliphatic rings. The van der Waals surface area contributed by atoms with E-state index in [4.69, 9.17) is 15.9 Å². The van der Waals surface area contributed by atoms with E-state index in [-0.39, 0.29) is 0 Å². The Morgan fingerprint density at radius 2 is 1.28 bits per heavy atom. The number of amides is 3. The highest BCUT2D eigenvalue weighted by Gasteiger charge is 2.33. The van der Waals surface area contributed by atoms with Crippen molar-refractivity contribution in [3.63, 3.8) is 0 Å². The first-order chi connectivity index (χ1) is 14.7. The van der Waals surface area contributed by atoms with Gasteiger partial charge in [-0.25, -0.2) is 4.79 Å². The SMILES string of the molecule is CC(C)C(NC(=O)C(CC(=O)O)NC(=O)C(CCC(=O)O)NC(=O)C(N)C(C)O)C(=O)O. The Hall–Kier alpha value is -3.26. The number of rotatable bonds is 14. The number of carboxylic acid groups (broad SMARTS) is 3. The second-order valence-corrected chi connectivity index (χ2v) is 7.49. The number of nitrogens with one attached hydrogen (secondary N) is 3. The Labute approximate surface area is 183 Å². The molecule has 182 valence electrons. The van der Waals surface area contributed by atoms with Crippen molar-refractivity contribution in [3.8, 4) is 0 Å². The van der Waals surface area contributed by atoms with Gasteiger partial charge < -0.3 is 42.1 Å². The molecule has 0 aromatic rings. The maximum atomic E-state index is 12.6. The van der Waals surface area contributed by atoms with Crippen LogP contribution in [0, 0.1) is 5.92 Å². The van der Waals surface area contributed by atoms with Crippen molar-refractivity contribution in [2.45, 2.75) is 70.3 Å². The average Bonchev–Trinajstić information content (AvgIpc) is 2.66. The number of carboxylic acids is 3. The topological polar surface area (TPSA) is 245 Å². The lowest BCUT2D eigenvalue weighted by Gasteiger charge is -2.25. The van der Waals surface area contributed by atoms with E-state index < -0.39 is 91.1 Å². The van der Waals surface area contributed by atoms with Gasteiger partial charge in [0.1, 0.15) is 24.2 Å². The fraction of sp³-hybridized carbons (Fsp3) is 0.667. The van der Waals surface area contributed by atoms with E-state index in [9.17, 15) is 39.0 Å². The molecule has 0 spiro atoms. The first-order valence-electron chi connectivity index (χ1n) is 9.68. The molecular formula is C18H30N4O10. The Bertz CT molecular complexity index is 725. The summed E-state index contributed by atoms with van der Waals surface area (Å²) in [5.41, 5.74) is 5.48. The number of hydrogen-bond donors (Lipinski definition) is 8. The van der Waals surface area contributed by atoms with E-state index in [1.54, 1.807) is 0 Å². The molecule has 9 N–H and O–H groups in total. The van der Waals surface area contributed by atoms with Crippen molar-refractivity contribution in [2.24, 2.45) is 11.7 Å². The van der Waals surface area contributed by atoms with Crippen molar-refractivity contribution in [2.75, 3.05) is 0 Å². The normalized spacial score (nSPS) is 15.6.